The molecule has 1 aromatic rings. The molecule has 25 heavy (non-hydrogen) atoms. The van der Waals surface area contributed by atoms with Crippen LogP contribution in [0.1, 0.15) is 42.5 Å². The lowest BCUT2D eigenvalue weighted by atomic mass is 9.81. The summed E-state index contributed by atoms with van der Waals surface area (Å²) in [4.78, 5) is 15.4. The summed E-state index contributed by atoms with van der Waals surface area (Å²) in [5, 5.41) is 3.23. The monoisotopic (exact) mass is 344 g/mol. The number of para-hydroxylation sites is 1. The molecule has 2 fully saturated rings. The normalized spacial score (nSPS) is 25.9. The summed E-state index contributed by atoms with van der Waals surface area (Å²) in [5.41, 5.74) is 0.528. The molecule has 0 spiro atoms. The van der Waals surface area contributed by atoms with Gasteiger partial charge in [-0.3, -0.25) is 9.69 Å². The third-order valence-electron chi connectivity index (χ3n) is 5.45. The molecule has 2 saturated heterocycles. The summed E-state index contributed by atoms with van der Waals surface area (Å²) >= 11 is 0. The van der Waals surface area contributed by atoms with E-state index in [-0.39, 0.29) is 11.9 Å². The van der Waals surface area contributed by atoms with Gasteiger partial charge in [0.2, 0.25) is 0 Å². The van der Waals surface area contributed by atoms with Crippen molar-refractivity contribution in [3.63, 3.8) is 0 Å². The molecule has 1 aromatic carbocycles. The van der Waals surface area contributed by atoms with Crippen molar-refractivity contribution in [3.8, 4) is 11.5 Å². The topological polar surface area (TPSA) is 50.8 Å². The number of hydrogen-bond donors (Lipinski definition) is 1. The average Bonchev–Trinajstić information content (AvgIpc) is 2.61. The zero-order valence-electron chi connectivity index (χ0n) is 15.2. The number of nitrogens with one attached hydrogen (secondary N) is 1. The van der Waals surface area contributed by atoms with Crippen molar-refractivity contribution in [3.05, 3.63) is 36.4 Å². The summed E-state index contributed by atoms with van der Waals surface area (Å²) in [6.45, 7) is 4.83. The quantitative estimate of drug-likeness (QED) is 0.806. The first-order valence-corrected chi connectivity index (χ1v) is 9.06. The van der Waals surface area contributed by atoms with Crippen LogP contribution in [0.15, 0.2) is 30.9 Å². The maximum atomic E-state index is 12.8. The fraction of sp³-hybridized carbons (Fsp3) is 0.550. The number of piperidine rings is 2. The van der Waals surface area contributed by atoms with Crippen LogP contribution in [0.5, 0.6) is 11.5 Å². The Hall–Kier alpha value is -2.01. The average molecular weight is 344 g/mol. The number of amides is 1. The number of carbonyl (C=O) groups is 1. The number of benzene rings is 1. The highest BCUT2D eigenvalue weighted by Crippen LogP contribution is 2.35. The summed E-state index contributed by atoms with van der Waals surface area (Å²) in [5.74, 6) is 0.982. The standard InChI is InChI=1S/C20H28N2O3/c1-4-11-22-15-7-5-8-16(22)13-14(12-15)21-20(23)17-9-6-10-18(24-2)19(17)25-3/h4,6,9-10,14-16H,1,5,7-8,11-13H2,2-3H3,(H,21,23). The Bertz CT molecular complexity index is 617. The van der Waals surface area contributed by atoms with Crippen LogP contribution in [0.3, 0.4) is 0 Å². The second-order valence-corrected chi connectivity index (χ2v) is 6.91. The zero-order chi connectivity index (χ0) is 17.8. The summed E-state index contributed by atoms with van der Waals surface area (Å²) in [7, 11) is 3.14. The minimum Gasteiger partial charge on any atom is -0.493 e. The molecular weight excluding hydrogens is 316 g/mol. The zero-order valence-corrected chi connectivity index (χ0v) is 15.2. The van der Waals surface area contributed by atoms with E-state index < -0.39 is 0 Å². The van der Waals surface area contributed by atoms with Crippen LogP contribution < -0.4 is 14.8 Å². The molecule has 136 valence electrons. The first-order valence-electron chi connectivity index (χ1n) is 9.06. The van der Waals surface area contributed by atoms with Crippen LogP contribution in [0.25, 0.3) is 0 Å². The Morgan fingerprint density at radius 3 is 2.60 bits per heavy atom. The van der Waals surface area contributed by atoms with Gasteiger partial charge in [0.05, 0.1) is 19.8 Å². The molecule has 3 rings (SSSR count). The van der Waals surface area contributed by atoms with Crippen molar-refractivity contribution in [2.24, 2.45) is 0 Å². The molecule has 2 unspecified atom stereocenters. The molecule has 2 aliphatic rings. The van der Waals surface area contributed by atoms with Gasteiger partial charge in [-0.25, -0.2) is 0 Å². The third-order valence-corrected chi connectivity index (χ3v) is 5.45. The Kier molecular flexibility index (Phi) is 5.63. The van der Waals surface area contributed by atoms with E-state index in [0.717, 1.165) is 19.4 Å². The van der Waals surface area contributed by atoms with Gasteiger partial charge in [-0.15, -0.1) is 6.58 Å². The van der Waals surface area contributed by atoms with Gasteiger partial charge in [0.1, 0.15) is 0 Å². The van der Waals surface area contributed by atoms with Gasteiger partial charge in [-0.2, -0.15) is 0 Å². The molecule has 0 saturated carbocycles. The van der Waals surface area contributed by atoms with Crippen LogP contribution >= 0.6 is 0 Å². The number of nitrogens with zero attached hydrogens (tertiary/aromatic N) is 1. The SMILES string of the molecule is C=CCN1C2CCCC1CC(NC(=O)c1cccc(OC)c1OC)C2. The fourth-order valence-corrected chi connectivity index (χ4v) is 4.37. The van der Waals surface area contributed by atoms with Crippen molar-refractivity contribution in [1.82, 2.24) is 10.2 Å². The van der Waals surface area contributed by atoms with Crippen molar-refractivity contribution in [1.29, 1.82) is 0 Å². The number of carbonyl (C=O) groups excluding carboxylic acids is 1. The number of ether oxygens (including phenoxy) is 2. The van der Waals surface area contributed by atoms with E-state index in [2.05, 4.69) is 16.8 Å². The minimum absolute atomic E-state index is 0.0870. The van der Waals surface area contributed by atoms with Crippen molar-refractivity contribution < 1.29 is 14.3 Å². The Morgan fingerprint density at radius 2 is 2.00 bits per heavy atom. The molecule has 2 aliphatic heterocycles. The first-order chi connectivity index (χ1) is 12.2. The van der Waals surface area contributed by atoms with Gasteiger partial charge in [0.15, 0.2) is 11.5 Å². The second-order valence-electron chi connectivity index (χ2n) is 6.91. The van der Waals surface area contributed by atoms with Gasteiger partial charge in [0.25, 0.3) is 5.91 Å². The Morgan fingerprint density at radius 1 is 1.28 bits per heavy atom. The molecule has 2 heterocycles. The predicted octanol–water partition coefficient (Wildman–Crippen LogP) is 3.01. The highest BCUT2D eigenvalue weighted by Gasteiger charge is 2.38. The summed E-state index contributed by atoms with van der Waals surface area (Å²) < 4.78 is 10.7. The highest BCUT2D eigenvalue weighted by atomic mass is 16.5. The van der Waals surface area contributed by atoms with Crippen LogP contribution in [0.4, 0.5) is 0 Å². The second kappa shape index (κ2) is 7.91. The lowest BCUT2D eigenvalue weighted by Crippen LogP contribution is -2.56. The van der Waals surface area contributed by atoms with E-state index >= 15 is 0 Å². The molecule has 1 amide bonds. The smallest absolute Gasteiger partial charge is 0.255 e. The molecule has 0 aromatic heterocycles. The van der Waals surface area contributed by atoms with E-state index in [9.17, 15) is 4.79 Å². The lowest BCUT2D eigenvalue weighted by molar-refractivity contribution is 0.0340. The Balaban J connectivity index is 1.71. The molecule has 2 bridgehead atoms. The van der Waals surface area contributed by atoms with Crippen molar-refractivity contribution in [2.45, 2.75) is 50.2 Å². The minimum atomic E-state index is -0.0870. The Labute approximate surface area is 150 Å². The molecule has 5 heteroatoms. The first kappa shape index (κ1) is 17.8. The van der Waals surface area contributed by atoms with Crippen LogP contribution in [-0.4, -0.2) is 49.7 Å². The maximum absolute atomic E-state index is 12.8. The van der Waals surface area contributed by atoms with Crippen LogP contribution in [0, 0.1) is 0 Å². The molecule has 1 N–H and O–H groups in total. The predicted molar refractivity (Wildman–Crippen MR) is 98.4 cm³/mol. The van der Waals surface area contributed by atoms with E-state index in [0.29, 0.717) is 29.1 Å². The molecule has 0 radical (unpaired) electrons. The molecule has 0 aliphatic carbocycles. The highest BCUT2D eigenvalue weighted by molar-refractivity contribution is 5.98. The number of rotatable bonds is 6. The summed E-state index contributed by atoms with van der Waals surface area (Å²) in [6, 6.07) is 6.70. The fourth-order valence-electron chi connectivity index (χ4n) is 4.37. The lowest BCUT2D eigenvalue weighted by Gasteiger charge is -2.48. The molecular formula is C20H28N2O3. The van der Waals surface area contributed by atoms with Gasteiger partial charge in [-0.1, -0.05) is 18.6 Å². The number of hydrogen-bond acceptors (Lipinski definition) is 4. The van der Waals surface area contributed by atoms with Crippen molar-refractivity contribution in [2.75, 3.05) is 20.8 Å². The molecule has 5 nitrogen and oxygen atoms in total. The number of fused-ring (bicyclic) bond motifs is 2. The van der Waals surface area contributed by atoms with Gasteiger partial charge >= 0.3 is 0 Å². The van der Waals surface area contributed by atoms with Gasteiger partial charge in [-0.05, 0) is 37.8 Å². The van der Waals surface area contributed by atoms with E-state index in [4.69, 9.17) is 9.47 Å². The third kappa shape index (κ3) is 3.66. The van der Waals surface area contributed by atoms with Gasteiger partial charge < -0.3 is 14.8 Å². The molecule has 2 atom stereocenters. The van der Waals surface area contributed by atoms with Crippen molar-refractivity contribution >= 4 is 5.91 Å². The van der Waals surface area contributed by atoms with Crippen LogP contribution in [0.2, 0.25) is 0 Å². The summed E-state index contributed by atoms with van der Waals surface area (Å²) in [6.07, 6.45) is 7.70. The largest absolute Gasteiger partial charge is 0.493 e. The van der Waals surface area contributed by atoms with Crippen LogP contribution in [-0.2, 0) is 0 Å². The van der Waals surface area contributed by atoms with E-state index in [1.54, 1.807) is 26.4 Å². The van der Waals surface area contributed by atoms with E-state index in [1.165, 1.54) is 19.3 Å². The number of methoxy groups -OCH3 is 2. The van der Waals surface area contributed by atoms with Gasteiger partial charge in [0, 0.05) is 24.7 Å². The van der Waals surface area contributed by atoms with E-state index in [1.807, 2.05) is 12.1 Å². The maximum Gasteiger partial charge on any atom is 0.255 e.